The van der Waals surface area contributed by atoms with Crippen molar-refractivity contribution in [2.24, 2.45) is 17.8 Å². The van der Waals surface area contributed by atoms with Crippen LogP contribution in [0, 0.1) is 17.8 Å². The van der Waals surface area contributed by atoms with Crippen LogP contribution < -0.4 is 5.32 Å². The van der Waals surface area contributed by atoms with Crippen molar-refractivity contribution in [3.63, 3.8) is 0 Å². The third-order valence-corrected chi connectivity index (χ3v) is 4.60. The van der Waals surface area contributed by atoms with E-state index in [4.69, 9.17) is 4.74 Å². The highest BCUT2D eigenvalue weighted by atomic mass is 16.5. The lowest BCUT2D eigenvalue weighted by molar-refractivity contribution is -0.147. The molecule has 1 aliphatic carbocycles. The van der Waals surface area contributed by atoms with Crippen LogP contribution in [-0.2, 0) is 14.3 Å². The predicted molar refractivity (Wildman–Crippen MR) is 83.8 cm³/mol. The number of esters is 1. The van der Waals surface area contributed by atoms with Gasteiger partial charge in [-0.05, 0) is 37.5 Å². The topological polar surface area (TPSA) is 55.4 Å². The van der Waals surface area contributed by atoms with E-state index in [1.54, 1.807) is 0 Å². The molecule has 0 saturated heterocycles. The van der Waals surface area contributed by atoms with E-state index >= 15 is 0 Å². The quantitative estimate of drug-likeness (QED) is 0.734. The van der Waals surface area contributed by atoms with Crippen LogP contribution in [0.3, 0.4) is 0 Å². The van der Waals surface area contributed by atoms with Gasteiger partial charge in [-0.3, -0.25) is 4.79 Å². The summed E-state index contributed by atoms with van der Waals surface area (Å²) in [6.07, 6.45) is 8.01. The number of carbonyl (C=O) groups excluding carboxylic acids is 2. The van der Waals surface area contributed by atoms with Gasteiger partial charge in [-0.25, -0.2) is 4.79 Å². The highest BCUT2D eigenvalue weighted by molar-refractivity contribution is 5.85. The molecule has 4 nitrogen and oxygen atoms in total. The molecule has 122 valence electrons. The van der Waals surface area contributed by atoms with Crippen molar-refractivity contribution >= 4 is 11.9 Å². The Balaban J connectivity index is 2.44. The third-order valence-electron chi connectivity index (χ3n) is 4.60. The fourth-order valence-electron chi connectivity index (χ4n) is 3.10. The average Bonchev–Trinajstić information content (AvgIpc) is 2.49. The molecule has 0 heterocycles. The molecule has 0 aromatic heterocycles. The molecule has 1 unspecified atom stereocenters. The van der Waals surface area contributed by atoms with Gasteiger partial charge in [0.25, 0.3) is 0 Å². The van der Waals surface area contributed by atoms with Gasteiger partial charge in [-0.2, -0.15) is 0 Å². The number of methoxy groups -OCH3 is 1. The lowest BCUT2D eigenvalue weighted by Crippen LogP contribution is -2.47. The predicted octanol–water partition coefficient (Wildman–Crippen LogP) is 3.30. The molecule has 0 bridgehead atoms. The second kappa shape index (κ2) is 9.06. The highest BCUT2D eigenvalue weighted by Gasteiger charge is 2.30. The summed E-state index contributed by atoms with van der Waals surface area (Å²) in [5.74, 6) is 0.564. The maximum Gasteiger partial charge on any atom is 0.328 e. The first-order valence-corrected chi connectivity index (χ1v) is 8.37. The Hall–Kier alpha value is -1.06. The molecule has 1 rings (SSSR count). The molecule has 0 aromatic rings. The SMILES string of the molecule is CCCCC1CCC(C(=O)NC(C(=O)OC)C(C)C)CC1. The lowest BCUT2D eigenvalue weighted by atomic mass is 9.79. The van der Waals surface area contributed by atoms with Crippen LogP contribution in [0.25, 0.3) is 0 Å². The lowest BCUT2D eigenvalue weighted by Gasteiger charge is -2.29. The summed E-state index contributed by atoms with van der Waals surface area (Å²) in [7, 11) is 1.36. The summed E-state index contributed by atoms with van der Waals surface area (Å²) in [6, 6.07) is -0.527. The van der Waals surface area contributed by atoms with E-state index in [1.807, 2.05) is 13.8 Å². The average molecular weight is 297 g/mol. The van der Waals surface area contributed by atoms with Crippen molar-refractivity contribution in [1.82, 2.24) is 5.32 Å². The first kappa shape index (κ1) is 18.0. The minimum absolute atomic E-state index is 0.0213. The van der Waals surface area contributed by atoms with E-state index in [-0.39, 0.29) is 23.7 Å². The number of nitrogens with one attached hydrogen (secondary N) is 1. The zero-order valence-corrected chi connectivity index (χ0v) is 14.0. The largest absolute Gasteiger partial charge is 0.467 e. The van der Waals surface area contributed by atoms with Gasteiger partial charge < -0.3 is 10.1 Å². The molecule has 0 radical (unpaired) electrons. The van der Waals surface area contributed by atoms with Crippen LogP contribution >= 0.6 is 0 Å². The summed E-state index contributed by atoms with van der Waals surface area (Å²) >= 11 is 0. The summed E-state index contributed by atoms with van der Waals surface area (Å²) in [6.45, 7) is 6.06. The Morgan fingerprint density at radius 1 is 1.19 bits per heavy atom. The molecule has 4 heteroatoms. The van der Waals surface area contributed by atoms with Gasteiger partial charge in [0.15, 0.2) is 0 Å². The van der Waals surface area contributed by atoms with Gasteiger partial charge in [0, 0.05) is 5.92 Å². The number of ether oxygens (including phenoxy) is 1. The normalized spacial score (nSPS) is 23.7. The molecule has 21 heavy (non-hydrogen) atoms. The fourth-order valence-corrected chi connectivity index (χ4v) is 3.10. The van der Waals surface area contributed by atoms with Crippen molar-refractivity contribution in [1.29, 1.82) is 0 Å². The third kappa shape index (κ3) is 5.68. The van der Waals surface area contributed by atoms with Gasteiger partial charge in [0.2, 0.25) is 5.91 Å². The van der Waals surface area contributed by atoms with Crippen LogP contribution in [0.1, 0.15) is 65.7 Å². The summed E-state index contributed by atoms with van der Waals surface area (Å²) in [4.78, 5) is 24.0. The molecule has 0 spiro atoms. The van der Waals surface area contributed by atoms with Gasteiger partial charge in [-0.15, -0.1) is 0 Å². The van der Waals surface area contributed by atoms with Crippen molar-refractivity contribution in [2.75, 3.05) is 7.11 Å². The van der Waals surface area contributed by atoms with Gasteiger partial charge in [-0.1, -0.05) is 40.0 Å². The van der Waals surface area contributed by atoms with Crippen molar-refractivity contribution in [3.8, 4) is 0 Å². The molecule has 1 N–H and O–H groups in total. The van der Waals surface area contributed by atoms with Crippen LogP contribution in [0.4, 0.5) is 0 Å². The van der Waals surface area contributed by atoms with E-state index in [9.17, 15) is 9.59 Å². The molecule has 1 aliphatic rings. The number of amides is 1. The second-order valence-corrected chi connectivity index (χ2v) is 6.61. The number of unbranched alkanes of at least 4 members (excludes halogenated alkanes) is 1. The summed E-state index contributed by atoms with van der Waals surface area (Å²) in [5, 5.41) is 2.88. The fraction of sp³-hybridized carbons (Fsp3) is 0.882. The van der Waals surface area contributed by atoms with E-state index in [0.717, 1.165) is 31.6 Å². The highest BCUT2D eigenvalue weighted by Crippen LogP contribution is 2.32. The number of hydrogen-bond acceptors (Lipinski definition) is 3. The first-order valence-electron chi connectivity index (χ1n) is 8.37. The molecule has 1 fully saturated rings. The Labute approximate surface area is 129 Å². The zero-order valence-electron chi connectivity index (χ0n) is 14.0. The number of rotatable bonds is 7. The van der Waals surface area contributed by atoms with Crippen molar-refractivity contribution < 1.29 is 14.3 Å². The Morgan fingerprint density at radius 3 is 2.29 bits per heavy atom. The van der Waals surface area contributed by atoms with Crippen molar-refractivity contribution in [2.45, 2.75) is 71.8 Å². The van der Waals surface area contributed by atoms with Crippen LogP contribution in [0.5, 0.6) is 0 Å². The standard InChI is InChI=1S/C17H31NO3/c1-5-6-7-13-8-10-14(11-9-13)16(19)18-15(12(2)3)17(20)21-4/h12-15H,5-11H2,1-4H3,(H,18,19). The number of carbonyl (C=O) groups is 2. The van der Waals surface area contributed by atoms with Crippen LogP contribution in [-0.4, -0.2) is 25.0 Å². The second-order valence-electron chi connectivity index (χ2n) is 6.61. The van der Waals surface area contributed by atoms with E-state index in [2.05, 4.69) is 12.2 Å². The Bertz CT molecular complexity index is 333. The van der Waals surface area contributed by atoms with Gasteiger partial charge in [0.1, 0.15) is 6.04 Å². The molecular weight excluding hydrogens is 266 g/mol. The molecule has 0 aromatic carbocycles. The van der Waals surface area contributed by atoms with E-state index < -0.39 is 6.04 Å². The maximum atomic E-state index is 12.3. The monoisotopic (exact) mass is 297 g/mol. The van der Waals surface area contributed by atoms with Gasteiger partial charge >= 0.3 is 5.97 Å². The molecular formula is C17H31NO3. The maximum absolute atomic E-state index is 12.3. The van der Waals surface area contributed by atoms with Crippen LogP contribution in [0.15, 0.2) is 0 Å². The molecule has 0 aliphatic heterocycles. The zero-order chi connectivity index (χ0) is 15.8. The smallest absolute Gasteiger partial charge is 0.328 e. The first-order chi connectivity index (χ1) is 9.99. The minimum atomic E-state index is -0.527. The van der Waals surface area contributed by atoms with Crippen molar-refractivity contribution in [3.05, 3.63) is 0 Å². The summed E-state index contributed by atoms with van der Waals surface area (Å²) in [5.41, 5.74) is 0. The summed E-state index contributed by atoms with van der Waals surface area (Å²) < 4.78 is 4.77. The van der Waals surface area contributed by atoms with E-state index in [1.165, 1.54) is 26.4 Å². The molecule has 1 atom stereocenters. The molecule has 1 saturated carbocycles. The Morgan fingerprint density at radius 2 is 1.81 bits per heavy atom. The number of hydrogen-bond donors (Lipinski definition) is 1. The van der Waals surface area contributed by atoms with Crippen LogP contribution in [0.2, 0.25) is 0 Å². The Kier molecular flexibility index (Phi) is 7.76. The van der Waals surface area contributed by atoms with Gasteiger partial charge in [0.05, 0.1) is 7.11 Å². The van der Waals surface area contributed by atoms with E-state index in [0.29, 0.717) is 0 Å². The molecule has 1 amide bonds. The minimum Gasteiger partial charge on any atom is -0.467 e.